The number of nitrogens with one attached hydrogen (secondary N) is 4. The predicted octanol–water partition coefficient (Wildman–Crippen LogP) is 5.73. The number of hydrazine groups is 1. The van der Waals surface area contributed by atoms with E-state index in [9.17, 15) is 4.79 Å². The second-order valence-corrected chi connectivity index (χ2v) is 8.01. The van der Waals surface area contributed by atoms with Crippen LogP contribution >= 0.6 is 0 Å². The fourth-order valence-electron chi connectivity index (χ4n) is 3.74. The number of para-hydroxylation sites is 1. The van der Waals surface area contributed by atoms with Crippen LogP contribution in [0.4, 0.5) is 17.1 Å². The van der Waals surface area contributed by atoms with Crippen LogP contribution < -0.4 is 21.5 Å². The molecular weight excluding hydrogens is 434 g/mol. The van der Waals surface area contributed by atoms with E-state index in [1.54, 1.807) is 12.3 Å². The number of benzene rings is 3. The Morgan fingerprint density at radius 3 is 2.51 bits per heavy atom. The molecule has 1 aromatic heterocycles. The third-order valence-electron chi connectivity index (χ3n) is 5.49. The van der Waals surface area contributed by atoms with Crippen LogP contribution in [0.3, 0.4) is 0 Å². The number of nitrogens with zero attached hydrogens (tertiary/aromatic N) is 1. The smallest absolute Gasteiger partial charge is 0.152 e. The maximum absolute atomic E-state index is 11.2. The number of rotatable bonds is 7. The first-order valence-electron chi connectivity index (χ1n) is 11.5. The van der Waals surface area contributed by atoms with Crippen LogP contribution in [-0.4, -0.2) is 18.3 Å². The van der Waals surface area contributed by atoms with Crippen LogP contribution in [0.1, 0.15) is 33.2 Å². The van der Waals surface area contributed by atoms with Crippen LogP contribution in [0.2, 0.25) is 0 Å². The molecule has 3 aromatic carbocycles. The summed E-state index contributed by atoms with van der Waals surface area (Å²) >= 11 is 0. The molecule has 6 nitrogen and oxygen atoms in total. The van der Waals surface area contributed by atoms with Crippen LogP contribution in [0.15, 0.2) is 103 Å². The number of fused-ring (bicyclic) bond motifs is 1. The normalized spacial score (nSPS) is 13.9. The number of aromatic nitrogens is 1. The fraction of sp³-hybridized carbons (Fsp3) is 0.103. The fourth-order valence-corrected chi connectivity index (χ4v) is 3.74. The summed E-state index contributed by atoms with van der Waals surface area (Å²) in [5.74, 6) is 0. The van der Waals surface area contributed by atoms with Gasteiger partial charge in [0.2, 0.25) is 0 Å². The lowest BCUT2D eigenvalue weighted by Crippen LogP contribution is -2.16. The highest BCUT2D eigenvalue weighted by atomic mass is 16.1. The quantitative estimate of drug-likeness (QED) is 0.262. The van der Waals surface area contributed by atoms with Crippen LogP contribution in [0.5, 0.6) is 0 Å². The zero-order valence-corrected chi connectivity index (χ0v) is 19.6. The second kappa shape index (κ2) is 12.3. The maximum atomic E-state index is 11.2. The Balaban J connectivity index is 0.000000271. The van der Waals surface area contributed by atoms with Gasteiger partial charge in [-0.05, 0) is 60.6 Å². The molecular formula is C29H29N5O. The maximum Gasteiger partial charge on any atom is 0.152 e. The van der Waals surface area contributed by atoms with Crippen LogP contribution in [-0.2, 0) is 6.54 Å². The summed E-state index contributed by atoms with van der Waals surface area (Å²) in [6, 6.07) is 29.8. The van der Waals surface area contributed by atoms with Gasteiger partial charge in [0.25, 0.3) is 0 Å². The van der Waals surface area contributed by atoms with E-state index in [1.165, 1.54) is 5.56 Å². The molecule has 0 fully saturated rings. The molecule has 35 heavy (non-hydrogen) atoms. The Morgan fingerprint density at radius 1 is 0.943 bits per heavy atom. The second-order valence-electron chi connectivity index (χ2n) is 8.01. The number of carbonyl (C=O) groups is 1. The van der Waals surface area contributed by atoms with Crippen molar-refractivity contribution < 1.29 is 4.79 Å². The zero-order chi connectivity index (χ0) is 24.3. The lowest BCUT2D eigenvalue weighted by molar-refractivity contribution is 0.112. The summed E-state index contributed by atoms with van der Waals surface area (Å²) in [5.41, 5.74) is 13.2. The van der Waals surface area contributed by atoms with E-state index in [1.807, 2.05) is 79.9 Å². The Morgan fingerprint density at radius 2 is 1.74 bits per heavy atom. The molecule has 1 aliphatic heterocycles. The molecule has 4 N–H and O–H groups in total. The first-order valence-corrected chi connectivity index (χ1v) is 11.5. The molecule has 0 aliphatic carbocycles. The minimum absolute atomic E-state index is 0.0725. The topological polar surface area (TPSA) is 78.1 Å². The average Bonchev–Trinajstić information content (AvgIpc) is 3.32. The molecule has 0 radical (unpaired) electrons. The minimum atomic E-state index is 0.0725. The number of anilines is 3. The Bertz CT molecular complexity index is 1260. The largest absolute Gasteiger partial charge is 0.355 e. The van der Waals surface area contributed by atoms with Gasteiger partial charge in [0.15, 0.2) is 6.29 Å². The van der Waals surface area contributed by atoms with E-state index < -0.39 is 0 Å². The summed E-state index contributed by atoms with van der Waals surface area (Å²) in [4.78, 5) is 15.5. The van der Waals surface area contributed by atoms with Gasteiger partial charge in [-0.2, -0.15) is 0 Å². The molecule has 5 rings (SSSR count). The van der Waals surface area contributed by atoms with Gasteiger partial charge in [-0.25, -0.2) is 5.43 Å². The van der Waals surface area contributed by atoms with Crippen molar-refractivity contribution in [1.29, 1.82) is 0 Å². The van der Waals surface area contributed by atoms with Crippen LogP contribution in [0, 0.1) is 0 Å². The highest BCUT2D eigenvalue weighted by molar-refractivity contribution is 5.86. The van der Waals surface area contributed by atoms with Crippen molar-refractivity contribution in [1.82, 2.24) is 15.7 Å². The average molecular weight is 464 g/mol. The van der Waals surface area contributed by atoms with E-state index in [0.29, 0.717) is 5.56 Å². The van der Waals surface area contributed by atoms with Gasteiger partial charge in [-0.15, -0.1) is 0 Å². The first-order chi connectivity index (χ1) is 17.3. The SMILES string of the molecule is CNCc1ccccc1.O=Cc1ccccc1Nc1ccc2c(c1)NNC2/C=C/c1ccccn1. The molecule has 2 heterocycles. The Hall–Kier alpha value is -4.26. The lowest BCUT2D eigenvalue weighted by atomic mass is 10.1. The van der Waals surface area contributed by atoms with Crippen molar-refractivity contribution in [3.8, 4) is 0 Å². The highest BCUT2D eigenvalue weighted by Gasteiger charge is 2.19. The summed E-state index contributed by atoms with van der Waals surface area (Å²) in [7, 11) is 1.95. The van der Waals surface area contributed by atoms with Gasteiger partial charge in [-0.3, -0.25) is 9.78 Å². The molecule has 0 spiro atoms. The number of carbonyl (C=O) groups excluding carboxylic acids is 1. The van der Waals surface area contributed by atoms with Crippen molar-refractivity contribution in [2.24, 2.45) is 0 Å². The summed E-state index contributed by atoms with van der Waals surface area (Å²) in [5, 5.41) is 6.38. The van der Waals surface area contributed by atoms with E-state index in [0.717, 1.165) is 41.2 Å². The summed E-state index contributed by atoms with van der Waals surface area (Å²) < 4.78 is 0. The highest BCUT2D eigenvalue weighted by Crippen LogP contribution is 2.33. The summed E-state index contributed by atoms with van der Waals surface area (Å²) in [6.45, 7) is 0.959. The molecule has 1 atom stereocenters. The van der Waals surface area contributed by atoms with Crippen molar-refractivity contribution in [3.05, 3.63) is 126 Å². The predicted molar refractivity (Wildman–Crippen MR) is 144 cm³/mol. The Labute approximate surface area is 206 Å². The lowest BCUT2D eigenvalue weighted by Gasteiger charge is -2.10. The van der Waals surface area contributed by atoms with Crippen LogP contribution in [0.25, 0.3) is 6.08 Å². The standard InChI is InChI=1S/C21H18N4O.C8H11N/c26-14-15-5-1-2-7-19(15)23-17-8-10-18-20(24-25-21(18)13-17)11-9-16-6-3-4-12-22-16;1-9-7-8-5-3-2-4-6-8/h1-14,20,23-25H;2-6,9H,7H2,1H3/b11-9+;. The number of pyridine rings is 1. The molecule has 176 valence electrons. The first kappa shape index (κ1) is 23.9. The third-order valence-corrected chi connectivity index (χ3v) is 5.49. The van der Waals surface area contributed by atoms with Gasteiger partial charge in [0.05, 0.1) is 17.4 Å². The Kier molecular flexibility index (Phi) is 8.37. The molecule has 6 heteroatoms. The van der Waals surface area contributed by atoms with Crippen molar-refractivity contribution in [3.63, 3.8) is 0 Å². The molecule has 0 saturated heterocycles. The van der Waals surface area contributed by atoms with E-state index in [2.05, 4.69) is 50.7 Å². The van der Waals surface area contributed by atoms with Gasteiger partial charge in [0, 0.05) is 29.7 Å². The number of hydrogen-bond donors (Lipinski definition) is 4. The third kappa shape index (κ3) is 6.63. The molecule has 1 aliphatic rings. The van der Waals surface area contributed by atoms with Gasteiger partial charge >= 0.3 is 0 Å². The van der Waals surface area contributed by atoms with Crippen molar-refractivity contribution in [2.75, 3.05) is 17.8 Å². The van der Waals surface area contributed by atoms with Gasteiger partial charge in [0.1, 0.15) is 0 Å². The van der Waals surface area contributed by atoms with E-state index in [-0.39, 0.29) is 6.04 Å². The van der Waals surface area contributed by atoms with E-state index >= 15 is 0 Å². The molecule has 0 bridgehead atoms. The van der Waals surface area contributed by atoms with Gasteiger partial charge < -0.3 is 16.1 Å². The number of aldehydes is 1. The van der Waals surface area contributed by atoms with Crippen molar-refractivity contribution in [2.45, 2.75) is 12.6 Å². The summed E-state index contributed by atoms with van der Waals surface area (Å²) in [6.07, 6.45) is 6.72. The molecule has 0 saturated carbocycles. The van der Waals surface area contributed by atoms with E-state index in [4.69, 9.17) is 0 Å². The molecule has 4 aromatic rings. The molecule has 1 unspecified atom stereocenters. The molecule has 0 amide bonds. The minimum Gasteiger partial charge on any atom is -0.355 e. The van der Waals surface area contributed by atoms with Gasteiger partial charge in [-0.1, -0.05) is 60.7 Å². The van der Waals surface area contributed by atoms with Crippen molar-refractivity contribution >= 4 is 29.4 Å². The number of hydrogen-bond acceptors (Lipinski definition) is 6. The zero-order valence-electron chi connectivity index (χ0n) is 19.6. The monoisotopic (exact) mass is 463 g/mol.